The molecule has 0 amide bonds. The molecule has 0 atom stereocenters. The topological polar surface area (TPSA) is 95.4 Å². The van der Waals surface area contributed by atoms with Crippen molar-refractivity contribution in [1.82, 2.24) is 10.2 Å². The van der Waals surface area contributed by atoms with Gasteiger partial charge in [-0.1, -0.05) is 17.2 Å². The lowest BCUT2D eigenvalue weighted by Crippen LogP contribution is -2.06. The maximum absolute atomic E-state index is 12.9. The van der Waals surface area contributed by atoms with Crippen LogP contribution in [-0.2, 0) is 6.61 Å². The normalized spacial score (nSPS) is 10.5. The summed E-state index contributed by atoms with van der Waals surface area (Å²) in [6.45, 7) is 0.263. The number of rotatable bonds is 6. The fourth-order valence-corrected chi connectivity index (χ4v) is 2.06. The molecule has 7 nitrogen and oxygen atoms in total. The molecule has 0 bridgehead atoms. The van der Waals surface area contributed by atoms with E-state index in [0.29, 0.717) is 17.1 Å². The highest BCUT2D eigenvalue weighted by Crippen LogP contribution is 2.33. The summed E-state index contributed by atoms with van der Waals surface area (Å²) in [7, 11) is 1.54. The lowest BCUT2D eigenvalue weighted by Gasteiger charge is -2.11. The standard InChI is InChI=1S/C16H15FN4O3/c1-22-13-7-4-11(15-20-21-16(19-18)24-15)8-14(13)23-9-10-2-5-12(17)6-3-10/h2-8H,9,18H2,1H3,(H,19,21). The zero-order chi connectivity index (χ0) is 16.9. The molecule has 0 fully saturated rings. The predicted molar refractivity (Wildman–Crippen MR) is 84.8 cm³/mol. The van der Waals surface area contributed by atoms with Crippen LogP contribution < -0.4 is 20.7 Å². The van der Waals surface area contributed by atoms with Crippen molar-refractivity contribution in [2.24, 2.45) is 5.84 Å². The van der Waals surface area contributed by atoms with Gasteiger partial charge in [-0.05, 0) is 35.9 Å². The van der Waals surface area contributed by atoms with E-state index in [1.165, 1.54) is 12.1 Å². The lowest BCUT2D eigenvalue weighted by atomic mass is 10.2. The van der Waals surface area contributed by atoms with Gasteiger partial charge < -0.3 is 13.9 Å². The third-order valence-electron chi connectivity index (χ3n) is 3.27. The van der Waals surface area contributed by atoms with Crippen LogP contribution in [0.15, 0.2) is 46.9 Å². The van der Waals surface area contributed by atoms with E-state index >= 15 is 0 Å². The quantitative estimate of drug-likeness (QED) is 0.530. The molecule has 24 heavy (non-hydrogen) atoms. The van der Waals surface area contributed by atoms with Crippen LogP contribution in [0.4, 0.5) is 10.4 Å². The zero-order valence-corrected chi connectivity index (χ0v) is 12.8. The summed E-state index contributed by atoms with van der Waals surface area (Å²) in [6, 6.07) is 11.4. The van der Waals surface area contributed by atoms with Crippen LogP contribution >= 0.6 is 0 Å². The first-order valence-corrected chi connectivity index (χ1v) is 7.05. The number of aromatic nitrogens is 2. The second-order valence-electron chi connectivity index (χ2n) is 4.84. The summed E-state index contributed by atoms with van der Waals surface area (Å²) in [4.78, 5) is 0. The average Bonchev–Trinajstić information content (AvgIpc) is 3.10. The number of anilines is 1. The van der Waals surface area contributed by atoms with Crippen molar-refractivity contribution in [1.29, 1.82) is 0 Å². The molecule has 124 valence electrons. The van der Waals surface area contributed by atoms with Crippen LogP contribution in [-0.4, -0.2) is 17.3 Å². The maximum Gasteiger partial charge on any atom is 0.330 e. The fraction of sp³-hybridized carbons (Fsp3) is 0.125. The van der Waals surface area contributed by atoms with Gasteiger partial charge in [-0.2, -0.15) is 0 Å². The Morgan fingerprint density at radius 3 is 2.58 bits per heavy atom. The number of benzene rings is 2. The molecule has 1 aromatic heterocycles. The third kappa shape index (κ3) is 3.44. The number of nitrogens with zero attached hydrogens (tertiary/aromatic N) is 2. The van der Waals surface area contributed by atoms with Crippen molar-refractivity contribution >= 4 is 6.01 Å². The third-order valence-corrected chi connectivity index (χ3v) is 3.27. The Kier molecular flexibility index (Phi) is 4.57. The Balaban J connectivity index is 1.82. The van der Waals surface area contributed by atoms with Crippen LogP contribution in [0.25, 0.3) is 11.5 Å². The van der Waals surface area contributed by atoms with Gasteiger partial charge in [-0.3, -0.25) is 5.43 Å². The largest absolute Gasteiger partial charge is 0.493 e. The van der Waals surface area contributed by atoms with E-state index in [1.807, 2.05) is 0 Å². The number of hydrazine groups is 1. The first-order valence-electron chi connectivity index (χ1n) is 7.05. The number of nitrogen functional groups attached to an aromatic ring is 1. The summed E-state index contributed by atoms with van der Waals surface area (Å²) in [5.74, 6) is 6.27. The molecule has 3 N–H and O–H groups in total. The second kappa shape index (κ2) is 6.97. The minimum atomic E-state index is -0.293. The van der Waals surface area contributed by atoms with Gasteiger partial charge in [-0.25, -0.2) is 10.2 Å². The van der Waals surface area contributed by atoms with Gasteiger partial charge >= 0.3 is 6.01 Å². The zero-order valence-electron chi connectivity index (χ0n) is 12.8. The van der Waals surface area contributed by atoms with E-state index in [9.17, 15) is 4.39 Å². The van der Waals surface area contributed by atoms with E-state index in [1.54, 1.807) is 37.4 Å². The van der Waals surface area contributed by atoms with Crippen molar-refractivity contribution in [2.45, 2.75) is 6.61 Å². The van der Waals surface area contributed by atoms with Gasteiger partial charge in [0.1, 0.15) is 12.4 Å². The number of nitrogens with two attached hydrogens (primary N) is 1. The lowest BCUT2D eigenvalue weighted by molar-refractivity contribution is 0.284. The number of hydrogen-bond donors (Lipinski definition) is 2. The number of halogens is 1. The van der Waals surface area contributed by atoms with Crippen molar-refractivity contribution in [2.75, 3.05) is 12.5 Å². The van der Waals surface area contributed by atoms with Gasteiger partial charge in [0.15, 0.2) is 11.5 Å². The molecular weight excluding hydrogens is 315 g/mol. The molecule has 0 saturated heterocycles. The maximum atomic E-state index is 12.9. The van der Waals surface area contributed by atoms with Crippen molar-refractivity contribution in [3.8, 4) is 23.0 Å². The van der Waals surface area contributed by atoms with Crippen molar-refractivity contribution < 1.29 is 18.3 Å². The fourth-order valence-electron chi connectivity index (χ4n) is 2.06. The monoisotopic (exact) mass is 330 g/mol. The highest BCUT2D eigenvalue weighted by atomic mass is 19.1. The minimum absolute atomic E-state index is 0.106. The molecule has 3 aromatic rings. The molecule has 0 radical (unpaired) electrons. The predicted octanol–water partition coefficient (Wildman–Crippen LogP) is 2.75. The summed E-state index contributed by atoms with van der Waals surface area (Å²) < 4.78 is 29.3. The molecule has 0 aliphatic carbocycles. The minimum Gasteiger partial charge on any atom is -0.493 e. The molecule has 0 saturated carbocycles. The van der Waals surface area contributed by atoms with Crippen LogP contribution in [0.5, 0.6) is 11.5 Å². The SMILES string of the molecule is COc1ccc(-c2nnc(NN)o2)cc1OCc1ccc(F)cc1. The van der Waals surface area contributed by atoms with Crippen LogP contribution in [0.3, 0.4) is 0 Å². The van der Waals surface area contributed by atoms with Gasteiger partial charge in [0.25, 0.3) is 0 Å². The molecule has 0 aliphatic rings. The summed E-state index contributed by atoms with van der Waals surface area (Å²) in [6.07, 6.45) is 0. The molecule has 0 spiro atoms. The second-order valence-corrected chi connectivity index (χ2v) is 4.84. The summed E-state index contributed by atoms with van der Waals surface area (Å²) in [5.41, 5.74) is 3.76. The van der Waals surface area contributed by atoms with Crippen molar-refractivity contribution in [3.05, 3.63) is 53.8 Å². The Morgan fingerprint density at radius 1 is 1.12 bits per heavy atom. The Labute approximate surface area is 137 Å². The first-order chi connectivity index (χ1) is 11.7. The number of ether oxygens (including phenoxy) is 2. The molecule has 0 unspecified atom stereocenters. The van der Waals surface area contributed by atoms with E-state index < -0.39 is 0 Å². The van der Waals surface area contributed by atoms with E-state index in [4.69, 9.17) is 19.7 Å². The van der Waals surface area contributed by atoms with Gasteiger partial charge in [0.05, 0.1) is 7.11 Å². The number of nitrogens with one attached hydrogen (secondary N) is 1. The first kappa shape index (κ1) is 15.8. The summed E-state index contributed by atoms with van der Waals surface area (Å²) in [5, 5.41) is 7.61. The van der Waals surface area contributed by atoms with E-state index in [-0.39, 0.29) is 24.3 Å². The number of hydrogen-bond acceptors (Lipinski definition) is 7. The van der Waals surface area contributed by atoms with Crippen molar-refractivity contribution in [3.63, 3.8) is 0 Å². The highest BCUT2D eigenvalue weighted by Gasteiger charge is 2.12. The van der Waals surface area contributed by atoms with Crippen LogP contribution in [0.1, 0.15) is 5.56 Å². The van der Waals surface area contributed by atoms with Crippen LogP contribution in [0, 0.1) is 5.82 Å². The van der Waals surface area contributed by atoms with Gasteiger partial charge in [0, 0.05) is 5.56 Å². The van der Waals surface area contributed by atoms with E-state index in [2.05, 4.69) is 15.6 Å². The molecule has 2 aromatic carbocycles. The molecule has 8 heteroatoms. The number of methoxy groups -OCH3 is 1. The van der Waals surface area contributed by atoms with Gasteiger partial charge in [0.2, 0.25) is 5.89 Å². The summed E-state index contributed by atoms with van der Waals surface area (Å²) >= 11 is 0. The smallest absolute Gasteiger partial charge is 0.330 e. The Morgan fingerprint density at radius 2 is 1.92 bits per heavy atom. The molecular formula is C16H15FN4O3. The molecule has 0 aliphatic heterocycles. The Hall–Kier alpha value is -3.13. The van der Waals surface area contributed by atoms with E-state index in [0.717, 1.165) is 5.56 Å². The molecule has 3 rings (SSSR count). The Bertz CT molecular complexity index is 820. The highest BCUT2D eigenvalue weighted by molar-refractivity contribution is 5.60. The van der Waals surface area contributed by atoms with Gasteiger partial charge in [-0.15, -0.1) is 5.10 Å². The molecule has 1 heterocycles. The van der Waals surface area contributed by atoms with Crippen LogP contribution in [0.2, 0.25) is 0 Å². The average molecular weight is 330 g/mol.